The maximum atomic E-state index is 12.8. The summed E-state index contributed by atoms with van der Waals surface area (Å²) in [4.78, 5) is 25.2. The van der Waals surface area contributed by atoms with Crippen LogP contribution in [0.15, 0.2) is 40.8 Å². The number of rotatable bonds is 4. The molecule has 3 aromatic rings. The van der Waals surface area contributed by atoms with Crippen molar-refractivity contribution in [3.8, 4) is 5.75 Å². The van der Waals surface area contributed by atoms with Crippen LogP contribution in [0.25, 0.3) is 21.9 Å². The van der Waals surface area contributed by atoms with Gasteiger partial charge in [-0.1, -0.05) is 37.5 Å². The molecular weight excluding hydrogens is 372 g/mol. The summed E-state index contributed by atoms with van der Waals surface area (Å²) in [5.41, 5.74) is 0.946. The fraction of sp³-hybridized carbons (Fsp3) is 0.364. The zero-order valence-corrected chi connectivity index (χ0v) is 16.5. The van der Waals surface area contributed by atoms with E-state index >= 15 is 0 Å². The van der Waals surface area contributed by atoms with Crippen molar-refractivity contribution in [3.63, 3.8) is 0 Å². The maximum Gasteiger partial charge on any atom is 0.331 e. The molecule has 1 saturated carbocycles. The number of hydrogen-bond acceptors (Lipinski definition) is 5. The molecule has 4 rings (SSSR count). The van der Waals surface area contributed by atoms with E-state index in [9.17, 15) is 9.59 Å². The minimum atomic E-state index is -0.989. The Kier molecular flexibility index (Phi) is 5.05. The van der Waals surface area contributed by atoms with Crippen LogP contribution in [-0.4, -0.2) is 31.8 Å². The third kappa shape index (κ3) is 3.48. The molecule has 1 aromatic heterocycles. The van der Waals surface area contributed by atoms with Crippen LogP contribution in [0.5, 0.6) is 5.75 Å². The first-order chi connectivity index (χ1) is 14.1. The molecule has 0 saturated heterocycles. The predicted octanol–water partition coefficient (Wildman–Crippen LogP) is 4.59. The fourth-order valence-electron chi connectivity index (χ4n) is 4.12. The number of methoxy groups -OCH3 is 2. The van der Waals surface area contributed by atoms with Crippen LogP contribution in [0, 0.1) is 0 Å². The van der Waals surface area contributed by atoms with Gasteiger partial charge in [-0.15, -0.1) is 0 Å². The Hall–Kier alpha value is -3.22. The normalized spacial score (nSPS) is 15.8. The number of ether oxygens (including phenoxy) is 2. The number of amides is 2. The highest BCUT2D eigenvalue weighted by Gasteiger charge is 2.42. The molecule has 7 nitrogen and oxygen atoms in total. The first kappa shape index (κ1) is 19.1. The molecule has 0 radical (unpaired) electrons. The average Bonchev–Trinajstić information content (AvgIpc) is 3.10. The molecule has 29 heavy (non-hydrogen) atoms. The molecule has 0 spiro atoms. The molecule has 1 fully saturated rings. The highest BCUT2D eigenvalue weighted by atomic mass is 16.5. The second-order valence-electron chi connectivity index (χ2n) is 7.36. The quantitative estimate of drug-likeness (QED) is 0.630. The number of nitrogens with one attached hydrogen (secondary N) is 2. The van der Waals surface area contributed by atoms with Gasteiger partial charge in [0, 0.05) is 16.8 Å². The van der Waals surface area contributed by atoms with Gasteiger partial charge in [0.15, 0.2) is 0 Å². The topological polar surface area (TPSA) is 89.8 Å². The molecule has 2 N–H and O–H groups in total. The van der Waals surface area contributed by atoms with Gasteiger partial charge >= 0.3 is 12.0 Å². The molecule has 0 unspecified atom stereocenters. The van der Waals surface area contributed by atoms with E-state index in [-0.39, 0.29) is 0 Å². The summed E-state index contributed by atoms with van der Waals surface area (Å²) in [6.07, 6.45) is 3.91. The van der Waals surface area contributed by atoms with Crippen molar-refractivity contribution in [2.45, 2.75) is 37.6 Å². The smallest absolute Gasteiger partial charge is 0.331 e. The van der Waals surface area contributed by atoms with Crippen molar-refractivity contribution < 1.29 is 23.5 Å². The molecule has 7 heteroatoms. The summed E-state index contributed by atoms with van der Waals surface area (Å²) < 4.78 is 16.3. The van der Waals surface area contributed by atoms with Gasteiger partial charge < -0.3 is 24.5 Å². The summed E-state index contributed by atoms with van der Waals surface area (Å²) in [5.74, 6) is 0.0677. The second-order valence-corrected chi connectivity index (χ2v) is 7.36. The van der Waals surface area contributed by atoms with Crippen LogP contribution in [0.1, 0.15) is 32.1 Å². The summed E-state index contributed by atoms with van der Waals surface area (Å²) in [7, 11) is 2.88. The minimum Gasteiger partial charge on any atom is -0.494 e. The Morgan fingerprint density at radius 3 is 2.48 bits per heavy atom. The third-order valence-electron chi connectivity index (χ3n) is 5.58. The van der Waals surface area contributed by atoms with Crippen molar-refractivity contribution in [1.82, 2.24) is 5.32 Å². The van der Waals surface area contributed by atoms with Crippen molar-refractivity contribution in [1.29, 1.82) is 0 Å². The van der Waals surface area contributed by atoms with Gasteiger partial charge in [-0.05, 0) is 25.0 Å². The fourth-order valence-corrected chi connectivity index (χ4v) is 4.12. The molecule has 2 aromatic carbocycles. The minimum absolute atomic E-state index is 0.407. The van der Waals surface area contributed by atoms with E-state index in [1.807, 2.05) is 30.3 Å². The number of fused-ring (bicyclic) bond motifs is 3. The lowest BCUT2D eigenvalue weighted by Crippen LogP contribution is -2.57. The van der Waals surface area contributed by atoms with Crippen LogP contribution in [0.3, 0.4) is 0 Å². The van der Waals surface area contributed by atoms with Gasteiger partial charge in [-0.2, -0.15) is 0 Å². The van der Waals surface area contributed by atoms with Crippen molar-refractivity contribution in [2.24, 2.45) is 0 Å². The number of furan rings is 1. The van der Waals surface area contributed by atoms with Crippen molar-refractivity contribution in [2.75, 3.05) is 19.5 Å². The lowest BCUT2D eigenvalue weighted by molar-refractivity contribution is -0.149. The number of carbonyl (C=O) groups excluding carboxylic acids is 2. The van der Waals surface area contributed by atoms with Gasteiger partial charge in [0.25, 0.3) is 0 Å². The summed E-state index contributed by atoms with van der Waals surface area (Å²) in [5, 5.41) is 7.52. The van der Waals surface area contributed by atoms with E-state index < -0.39 is 17.5 Å². The maximum absolute atomic E-state index is 12.8. The van der Waals surface area contributed by atoms with E-state index in [4.69, 9.17) is 13.9 Å². The third-order valence-corrected chi connectivity index (χ3v) is 5.58. The monoisotopic (exact) mass is 396 g/mol. The lowest BCUT2D eigenvalue weighted by Gasteiger charge is -2.35. The Bertz CT molecular complexity index is 1070. The van der Waals surface area contributed by atoms with Gasteiger partial charge in [-0.3, -0.25) is 0 Å². The Morgan fingerprint density at radius 1 is 1.00 bits per heavy atom. The second kappa shape index (κ2) is 7.66. The molecule has 1 aliphatic carbocycles. The van der Waals surface area contributed by atoms with Gasteiger partial charge in [0.05, 0.1) is 19.9 Å². The Balaban J connectivity index is 1.64. The van der Waals surface area contributed by atoms with Crippen LogP contribution < -0.4 is 15.4 Å². The molecule has 0 bridgehead atoms. The Morgan fingerprint density at radius 2 is 1.76 bits per heavy atom. The first-order valence-corrected chi connectivity index (χ1v) is 9.73. The van der Waals surface area contributed by atoms with Crippen LogP contribution in [0.2, 0.25) is 0 Å². The lowest BCUT2D eigenvalue weighted by atomic mass is 9.82. The molecule has 0 aliphatic heterocycles. The van der Waals surface area contributed by atoms with Crippen molar-refractivity contribution in [3.05, 3.63) is 36.4 Å². The molecule has 1 aliphatic rings. The van der Waals surface area contributed by atoms with Crippen LogP contribution in [0.4, 0.5) is 10.5 Å². The number of para-hydroxylation sites is 1. The zero-order chi connectivity index (χ0) is 20.4. The van der Waals surface area contributed by atoms with Crippen molar-refractivity contribution >= 4 is 39.6 Å². The molecule has 0 atom stereocenters. The highest BCUT2D eigenvalue weighted by molar-refractivity contribution is 6.08. The van der Waals surface area contributed by atoms with E-state index in [1.54, 1.807) is 6.07 Å². The first-order valence-electron chi connectivity index (χ1n) is 9.73. The van der Waals surface area contributed by atoms with E-state index in [0.717, 1.165) is 35.6 Å². The summed E-state index contributed by atoms with van der Waals surface area (Å²) >= 11 is 0. The number of carbonyl (C=O) groups is 2. The zero-order valence-electron chi connectivity index (χ0n) is 16.5. The van der Waals surface area contributed by atoms with Crippen LogP contribution >= 0.6 is 0 Å². The summed E-state index contributed by atoms with van der Waals surface area (Å²) in [6, 6.07) is 10.8. The largest absolute Gasteiger partial charge is 0.494 e. The standard InChI is InChI=1S/C22H24N2O5/c1-27-19-13-18-15(14-8-4-5-9-17(14)29-18)12-16(19)23-21(26)24-22(20(25)28-2)10-6-3-7-11-22/h4-5,8-9,12-13H,3,6-7,10-11H2,1-2H3,(H2,23,24,26). The number of anilines is 1. The number of hydrogen-bond donors (Lipinski definition) is 2. The average molecular weight is 396 g/mol. The molecule has 152 valence electrons. The van der Waals surface area contributed by atoms with Gasteiger partial charge in [-0.25, -0.2) is 9.59 Å². The SMILES string of the molecule is COC(=O)C1(NC(=O)Nc2cc3c(cc2OC)oc2ccccc23)CCCCC1. The number of urea groups is 1. The Labute approximate surface area is 168 Å². The predicted molar refractivity (Wildman–Crippen MR) is 110 cm³/mol. The molecule has 2 amide bonds. The molecule has 1 heterocycles. The van der Waals surface area contributed by atoms with E-state index in [0.29, 0.717) is 29.9 Å². The number of esters is 1. The highest BCUT2D eigenvalue weighted by Crippen LogP contribution is 2.36. The van der Waals surface area contributed by atoms with Gasteiger partial charge in [0.2, 0.25) is 0 Å². The van der Waals surface area contributed by atoms with E-state index in [1.165, 1.54) is 14.2 Å². The summed E-state index contributed by atoms with van der Waals surface area (Å²) in [6.45, 7) is 0. The van der Waals surface area contributed by atoms with Crippen LogP contribution in [-0.2, 0) is 9.53 Å². The van der Waals surface area contributed by atoms with E-state index in [2.05, 4.69) is 10.6 Å². The number of benzene rings is 2. The molecular formula is C22H24N2O5. The van der Waals surface area contributed by atoms with Gasteiger partial charge in [0.1, 0.15) is 22.5 Å².